The molecule has 0 fully saturated rings. The standard InChI is InChI=1S/C22H36O4.C14H28O3.C8H9ClO/c1-23-22(24-2)17-13-8-6-4-3-5-7-9-14-18-25-20-26-19-21-15-11-10-12-16-21;1-16-14(17-2)12-10-8-6-4-3-5-7-9-11-13-15;9-7-10-6-8-4-2-1-3-5-8/h7,9-12,15-16,22H,3-6,8,13-14,17-20H2,1-2H3;7,9,14-15H,3-6,8,10-13H2,1-2H3;1-5H,6-7H2/b2*9-7-;. The minimum Gasteiger partial charge on any atom is -0.396 e. The first kappa shape index (κ1) is 50.9. The van der Waals surface area contributed by atoms with E-state index in [9.17, 15) is 0 Å². The van der Waals surface area contributed by atoms with Crippen LogP contribution in [0.1, 0.15) is 114 Å². The van der Waals surface area contributed by atoms with Crippen LogP contribution in [-0.2, 0) is 46.4 Å². The molecule has 0 saturated heterocycles. The zero-order valence-corrected chi connectivity index (χ0v) is 34.2. The number of rotatable bonds is 32. The van der Waals surface area contributed by atoms with E-state index in [0.717, 1.165) is 44.1 Å². The van der Waals surface area contributed by atoms with Crippen molar-refractivity contribution in [3.63, 3.8) is 0 Å². The average molecular weight is 766 g/mol. The van der Waals surface area contributed by atoms with Crippen LogP contribution < -0.4 is 0 Å². The van der Waals surface area contributed by atoms with E-state index in [1.165, 1.54) is 69.8 Å². The smallest absolute Gasteiger partial charge is 0.156 e. The van der Waals surface area contributed by atoms with Crippen molar-refractivity contribution >= 4 is 11.6 Å². The Kier molecular flexibility index (Phi) is 40.9. The third kappa shape index (κ3) is 36.6. The van der Waals surface area contributed by atoms with Gasteiger partial charge in [-0.15, -0.1) is 0 Å². The van der Waals surface area contributed by atoms with Crippen LogP contribution in [-0.4, -0.2) is 72.2 Å². The van der Waals surface area contributed by atoms with Gasteiger partial charge in [-0.25, -0.2) is 0 Å². The van der Waals surface area contributed by atoms with Gasteiger partial charge in [0.1, 0.15) is 12.9 Å². The second kappa shape index (κ2) is 42.6. The normalized spacial score (nSPS) is 11.3. The van der Waals surface area contributed by atoms with E-state index >= 15 is 0 Å². The first-order chi connectivity index (χ1) is 26.1. The molecule has 0 aliphatic heterocycles. The molecule has 1 N–H and O–H groups in total. The van der Waals surface area contributed by atoms with Crippen molar-refractivity contribution in [1.82, 2.24) is 0 Å². The van der Waals surface area contributed by atoms with Gasteiger partial charge >= 0.3 is 0 Å². The maximum atomic E-state index is 8.58. The van der Waals surface area contributed by atoms with Gasteiger partial charge in [-0.2, -0.15) is 0 Å². The summed E-state index contributed by atoms with van der Waals surface area (Å²) < 4.78 is 36.6. The summed E-state index contributed by atoms with van der Waals surface area (Å²) in [5, 5.41) is 8.58. The number of benzene rings is 2. The van der Waals surface area contributed by atoms with Crippen molar-refractivity contribution in [3.8, 4) is 0 Å². The summed E-state index contributed by atoms with van der Waals surface area (Å²) in [6, 6.07) is 20.4. The molecule has 0 atom stereocenters. The summed E-state index contributed by atoms with van der Waals surface area (Å²) in [7, 11) is 6.77. The molecule has 0 heterocycles. The highest BCUT2D eigenvalue weighted by Gasteiger charge is 2.04. The predicted molar refractivity (Wildman–Crippen MR) is 219 cm³/mol. The fourth-order valence-electron chi connectivity index (χ4n) is 5.15. The lowest BCUT2D eigenvalue weighted by atomic mass is 10.1. The molecule has 2 aromatic carbocycles. The number of methoxy groups -OCH3 is 4. The summed E-state index contributed by atoms with van der Waals surface area (Å²) in [4.78, 5) is 0. The lowest BCUT2D eigenvalue weighted by Crippen LogP contribution is -2.12. The third-order valence-corrected chi connectivity index (χ3v) is 8.35. The second-order valence-corrected chi connectivity index (χ2v) is 12.8. The van der Waals surface area contributed by atoms with Crippen LogP contribution in [0.5, 0.6) is 0 Å². The quantitative estimate of drug-likeness (QED) is 0.0341. The molecule has 0 unspecified atom stereocenters. The monoisotopic (exact) mass is 764 g/mol. The number of ether oxygens (including phenoxy) is 7. The number of aliphatic hydroxyl groups excluding tert-OH is 1. The predicted octanol–water partition coefficient (Wildman–Crippen LogP) is 11.1. The van der Waals surface area contributed by atoms with Crippen LogP contribution in [0, 0.1) is 0 Å². The minimum absolute atomic E-state index is 0.0311. The van der Waals surface area contributed by atoms with Crippen LogP contribution in [0.2, 0.25) is 0 Å². The lowest BCUT2D eigenvalue weighted by Gasteiger charge is -2.12. The molecule has 0 saturated carbocycles. The largest absolute Gasteiger partial charge is 0.396 e. The average Bonchev–Trinajstić information content (AvgIpc) is 3.20. The lowest BCUT2D eigenvalue weighted by molar-refractivity contribution is -0.107. The molecule has 2 rings (SSSR count). The zero-order chi connectivity index (χ0) is 38.7. The van der Waals surface area contributed by atoms with Gasteiger partial charge in [0.2, 0.25) is 0 Å². The number of unbranched alkanes of at least 4 members (excludes halogenated alkanes) is 10. The Morgan fingerprint density at radius 1 is 0.509 bits per heavy atom. The number of hydrogen-bond acceptors (Lipinski definition) is 8. The SMILES string of the molecule is COC(CCCCCCC/C=C\CCO)OC.COC(CCCCCCC/C=C\CCOCOCc1ccccc1)OC.ClCOCc1ccccc1. The van der Waals surface area contributed by atoms with Gasteiger partial charge in [-0.1, -0.05) is 135 Å². The molecule has 2 aromatic rings. The van der Waals surface area contributed by atoms with Crippen molar-refractivity contribution < 1.29 is 38.3 Å². The third-order valence-electron chi connectivity index (χ3n) is 8.20. The Hall–Kier alpha value is -2.11. The van der Waals surface area contributed by atoms with E-state index < -0.39 is 0 Å². The van der Waals surface area contributed by atoms with E-state index in [1.54, 1.807) is 28.4 Å². The molecule has 0 bridgehead atoms. The van der Waals surface area contributed by atoms with Crippen LogP contribution in [0.25, 0.3) is 0 Å². The van der Waals surface area contributed by atoms with Crippen LogP contribution in [0.4, 0.5) is 0 Å². The van der Waals surface area contributed by atoms with E-state index in [4.69, 9.17) is 49.9 Å². The molecule has 0 radical (unpaired) electrons. The Labute approximate surface area is 328 Å². The summed E-state index contributed by atoms with van der Waals surface area (Å²) in [5.74, 6) is 0. The number of alkyl halides is 1. The molecule has 53 heavy (non-hydrogen) atoms. The number of halogens is 1. The highest BCUT2D eigenvalue weighted by molar-refractivity contribution is 6.17. The van der Waals surface area contributed by atoms with Gasteiger partial charge in [0.05, 0.1) is 19.8 Å². The second-order valence-electron chi connectivity index (χ2n) is 12.5. The van der Waals surface area contributed by atoms with Gasteiger partial charge < -0.3 is 38.3 Å². The van der Waals surface area contributed by atoms with Crippen molar-refractivity contribution in [2.45, 2.75) is 129 Å². The van der Waals surface area contributed by atoms with Crippen molar-refractivity contribution in [2.24, 2.45) is 0 Å². The highest BCUT2D eigenvalue weighted by Crippen LogP contribution is 2.12. The summed E-state index contributed by atoms with van der Waals surface area (Å²) in [6.45, 7) is 2.54. The van der Waals surface area contributed by atoms with Gasteiger partial charge in [0.15, 0.2) is 12.6 Å². The van der Waals surface area contributed by atoms with Gasteiger partial charge in [-0.05, 0) is 75.3 Å². The maximum absolute atomic E-state index is 8.58. The molecular formula is C44H73ClO8. The van der Waals surface area contributed by atoms with E-state index in [2.05, 4.69) is 36.4 Å². The van der Waals surface area contributed by atoms with Gasteiger partial charge in [0, 0.05) is 35.0 Å². The topological polar surface area (TPSA) is 84.8 Å². The van der Waals surface area contributed by atoms with Crippen molar-refractivity contribution in [3.05, 3.63) is 96.1 Å². The Bertz CT molecular complexity index is 1020. The van der Waals surface area contributed by atoms with Crippen molar-refractivity contribution in [1.29, 1.82) is 0 Å². The highest BCUT2D eigenvalue weighted by atomic mass is 35.5. The molecule has 9 heteroatoms. The molecule has 8 nitrogen and oxygen atoms in total. The Morgan fingerprint density at radius 2 is 0.925 bits per heavy atom. The summed E-state index contributed by atoms with van der Waals surface area (Å²) in [6.07, 6.45) is 27.1. The van der Waals surface area contributed by atoms with Gasteiger partial charge in [-0.3, -0.25) is 0 Å². The molecule has 304 valence electrons. The zero-order valence-electron chi connectivity index (χ0n) is 33.5. The molecule has 0 amide bonds. The fraction of sp³-hybridized carbons (Fsp3) is 0.636. The first-order valence-corrected chi connectivity index (χ1v) is 20.1. The van der Waals surface area contributed by atoms with E-state index in [-0.39, 0.29) is 25.3 Å². The number of hydrogen-bond donors (Lipinski definition) is 1. The van der Waals surface area contributed by atoms with Crippen LogP contribution >= 0.6 is 11.6 Å². The van der Waals surface area contributed by atoms with Crippen LogP contribution in [0.15, 0.2) is 85.0 Å². The Morgan fingerprint density at radius 3 is 1.38 bits per heavy atom. The summed E-state index contributed by atoms with van der Waals surface area (Å²) in [5.41, 5.74) is 2.33. The molecule has 0 spiro atoms. The summed E-state index contributed by atoms with van der Waals surface area (Å²) >= 11 is 5.33. The molecular weight excluding hydrogens is 692 g/mol. The fourth-order valence-corrected chi connectivity index (χ4v) is 5.23. The van der Waals surface area contributed by atoms with E-state index in [1.807, 2.05) is 48.5 Å². The van der Waals surface area contributed by atoms with Crippen LogP contribution in [0.3, 0.4) is 0 Å². The van der Waals surface area contributed by atoms with Gasteiger partial charge in [0.25, 0.3) is 0 Å². The minimum atomic E-state index is -0.0381. The number of allylic oxidation sites excluding steroid dienone is 2. The molecule has 0 aliphatic carbocycles. The molecule has 0 aliphatic rings. The molecule has 0 aromatic heterocycles. The maximum Gasteiger partial charge on any atom is 0.156 e. The van der Waals surface area contributed by atoms with E-state index in [0.29, 0.717) is 26.6 Å². The first-order valence-electron chi connectivity index (χ1n) is 19.5. The number of aliphatic hydroxyl groups is 1. The Balaban J connectivity index is 0.000000853. The van der Waals surface area contributed by atoms with Crippen molar-refractivity contribution in [2.75, 3.05) is 54.5 Å².